The molecule has 1 heterocycles. The zero-order valence-corrected chi connectivity index (χ0v) is 16.2. The second kappa shape index (κ2) is 8.15. The summed E-state index contributed by atoms with van der Waals surface area (Å²) in [6, 6.07) is 7.39. The molecule has 11 heteroatoms. The largest absolute Gasteiger partial charge is 0.482 e. The Kier molecular flexibility index (Phi) is 5.63. The number of carbonyl (C=O) groups excluding carboxylic acids is 2. The van der Waals surface area contributed by atoms with Crippen molar-refractivity contribution in [3.05, 3.63) is 62.2 Å². The standard InChI is InChI=1S/C19H18N4O7/c1-11(2)9-21-16-7-13(3-4-17(16)30-10-18(21)24)20-19(25)12-5-14(22(26)27)8-15(6-12)23(28)29/h3-8,11H,9-10H2,1-2H3,(H,20,25). The Morgan fingerprint density at radius 2 is 1.77 bits per heavy atom. The lowest BCUT2D eigenvalue weighted by atomic mass is 10.1. The Labute approximate surface area is 170 Å². The molecule has 2 aromatic carbocycles. The van der Waals surface area contributed by atoms with Gasteiger partial charge in [0.2, 0.25) is 0 Å². The van der Waals surface area contributed by atoms with Gasteiger partial charge in [-0.3, -0.25) is 29.8 Å². The van der Waals surface area contributed by atoms with E-state index in [-0.39, 0.29) is 24.0 Å². The van der Waals surface area contributed by atoms with Crippen LogP contribution >= 0.6 is 0 Å². The van der Waals surface area contributed by atoms with Crippen molar-refractivity contribution in [3.8, 4) is 5.75 Å². The Morgan fingerprint density at radius 1 is 1.13 bits per heavy atom. The molecule has 1 N–H and O–H groups in total. The van der Waals surface area contributed by atoms with E-state index in [1.54, 1.807) is 23.1 Å². The molecule has 0 saturated carbocycles. The summed E-state index contributed by atoms with van der Waals surface area (Å²) >= 11 is 0. The smallest absolute Gasteiger partial charge is 0.277 e. The first-order chi connectivity index (χ1) is 14.2. The number of nitrogens with zero attached hydrogens (tertiary/aromatic N) is 3. The van der Waals surface area contributed by atoms with E-state index >= 15 is 0 Å². The van der Waals surface area contributed by atoms with Crippen molar-refractivity contribution in [2.75, 3.05) is 23.4 Å². The number of rotatable bonds is 6. The number of benzene rings is 2. The average molecular weight is 414 g/mol. The molecule has 0 atom stereocenters. The van der Waals surface area contributed by atoms with Gasteiger partial charge in [-0.05, 0) is 24.1 Å². The lowest BCUT2D eigenvalue weighted by molar-refractivity contribution is -0.394. The lowest BCUT2D eigenvalue weighted by Gasteiger charge is -2.31. The number of nitrogens with one attached hydrogen (secondary N) is 1. The SMILES string of the molecule is CC(C)CN1C(=O)COc2ccc(NC(=O)c3cc([N+](=O)[O-])cc([N+](=O)[O-])c3)cc21. The molecule has 0 radical (unpaired) electrons. The van der Waals surface area contributed by atoms with E-state index in [1.807, 2.05) is 13.8 Å². The highest BCUT2D eigenvalue weighted by molar-refractivity contribution is 6.06. The summed E-state index contributed by atoms with van der Waals surface area (Å²) in [5.74, 6) is -0.294. The Balaban J connectivity index is 1.91. The van der Waals surface area contributed by atoms with Crippen molar-refractivity contribution in [2.45, 2.75) is 13.8 Å². The number of nitro benzene ring substituents is 2. The van der Waals surface area contributed by atoms with Crippen LogP contribution in [0, 0.1) is 26.1 Å². The van der Waals surface area contributed by atoms with Crippen LogP contribution in [0.4, 0.5) is 22.7 Å². The molecule has 156 valence electrons. The predicted molar refractivity (Wildman–Crippen MR) is 107 cm³/mol. The quantitative estimate of drug-likeness (QED) is 0.564. The first-order valence-corrected chi connectivity index (χ1v) is 8.98. The topological polar surface area (TPSA) is 145 Å². The van der Waals surface area contributed by atoms with E-state index < -0.39 is 27.1 Å². The molecule has 2 aromatic rings. The molecule has 3 rings (SSSR count). The summed E-state index contributed by atoms with van der Waals surface area (Å²) in [6.45, 7) is 4.30. The van der Waals surface area contributed by atoms with Crippen molar-refractivity contribution in [3.63, 3.8) is 0 Å². The molecule has 0 spiro atoms. The van der Waals surface area contributed by atoms with Gasteiger partial charge in [-0.2, -0.15) is 0 Å². The molecule has 2 amide bonds. The van der Waals surface area contributed by atoms with Gasteiger partial charge < -0.3 is 15.0 Å². The predicted octanol–water partition coefficient (Wildman–Crippen LogP) is 3.14. The molecule has 30 heavy (non-hydrogen) atoms. The van der Waals surface area contributed by atoms with E-state index in [9.17, 15) is 29.8 Å². The maximum atomic E-state index is 12.6. The van der Waals surface area contributed by atoms with Gasteiger partial charge in [-0.1, -0.05) is 13.8 Å². The van der Waals surface area contributed by atoms with Gasteiger partial charge >= 0.3 is 0 Å². The van der Waals surface area contributed by atoms with E-state index in [2.05, 4.69) is 5.32 Å². The van der Waals surface area contributed by atoms with Crippen LogP contribution in [0.1, 0.15) is 24.2 Å². The summed E-state index contributed by atoms with van der Waals surface area (Å²) in [4.78, 5) is 46.8. The zero-order valence-electron chi connectivity index (χ0n) is 16.2. The summed E-state index contributed by atoms with van der Waals surface area (Å²) in [6.07, 6.45) is 0. The number of non-ortho nitro benzene ring substituents is 2. The number of carbonyl (C=O) groups is 2. The Morgan fingerprint density at radius 3 is 2.33 bits per heavy atom. The summed E-state index contributed by atoms with van der Waals surface area (Å²) in [5.41, 5.74) is -0.577. The summed E-state index contributed by atoms with van der Waals surface area (Å²) < 4.78 is 5.42. The molecule has 11 nitrogen and oxygen atoms in total. The highest BCUT2D eigenvalue weighted by atomic mass is 16.6. The molecule has 1 aliphatic rings. The van der Waals surface area contributed by atoms with Gasteiger partial charge in [0.25, 0.3) is 23.2 Å². The summed E-state index contributed by atoms with van der Waals surface area (Å²) in [7, 11) is 0. The maximum absolute atomic E-state index is 12.6. The van der Waals surface area contributed by atoms with Crippen LogP contribution < -0.4 is 15.0 Å². The lowest BCUT2D eigenvalue weighted by Crippen LogP contribution is -2.41. The first kappa shape index (κ1) is 20.7. The molecule has 0 aromatic heterocycles. The van der Waals surface area contributed by atoms with Crippen LogP contribution in [0.2, 0.25) is 0 Å². The fourth-order valence-electron chi connectivity index (χ4n) is 2.99. The van der Waals surface area contributed by atoms with Crippen LogP contribution in [-0.4, -0.2) is 34.8 Å². The molecule has 0 bridgehead atoms. The second-order valence-corrected chi connectivity index (χ2v) is 7.08. The van der Waals surface area contributed by atoms with Gasteiger partial charge in [0.15, 0.2) is 6.61 Å². The van der Waals surface area contributed by atoms with Crippen LogP contribution in [-0.2, 0) is 4.79 Å². The van der Waals surface area contributed by atoms with E-state index in [0.717, 1.165) is 18.2 Å². The second-order valence-electron chi connectivity index (χ2n) is 7.08. The van der Waals surface area contributed by atoms with Crippen molar-refractivity contribution >= 4 is 34.6 Å². The molecule has 0 fully saturated rings. The monoisotopic (exact) mass is 414 g/mol. The van der Waals surface area contributed by atoms with Gasteiger partial charge in [0, 0.05) is 24.4 Å². The molecular formula is C19H18N4O7. The number of hydrogen-bond acceptors (Lipinski definition) is 7. The minimum Gasteiger partial charge on any atom is -0.482 e. The molecule has 0 aliphatic carbocycles. The Hall–Kier alpha value is -4.02. The highest BCUT2D eigenvalue weighted by Gasteiger charge is 2.27. The minimum atomic E-state index is -0.810. The van der Waals surface area contributed by atoms with Gasteiger partial charge in [0.1, 0.15) is 5.75 Å². The fourth-order valence-corrected chi connectivity index (χ4v) is 2.99. The summed E-state index contributed by atoms with van der Waals surface area (Å²) in [5, 5.41) is 24.6. The molecular weight excluding hydrogens is 396 g/mol. The van der Waals surface area contributed by atoms with E-state index in [4.69, 9.17) is 4.74 Å². The number of hydrogen-bond donors (Lipinski definition) is 1. The van der Waals surface area contributed by atoms with Crippen LogP contribution in [0.25, 0.3) is 0 Å². The van der Waals surface area contributed by atoms with Crippen LogP contribution in [0.5, 0.6) is 5.75 Å². The zero-order chi connectivity index (χ0) is 22.0. The number of amides is 2. The molecule has 1 aliphatic heterocycles. The number of fused-ring (bicyclic) bond motifs is 1. The first-order valence-electron chi connectivity index (χ1n) is 8.98. The minimum absolute atomic E-state index is 0.0806. The third kappa shape index (κ3) is 4.35. The third-order valence-corrected chi connectivity index (χ3v) is 4.29. The fraction of sp³-hybridized carbons (Fsp3) is 0.263. The van der Waals surface area contributed by atoms with Gasteiger partial charge in [-0.15, -0.1) is 0 Å². The van der Waals surface area contributed by atoms with Crippen LogP contribution in [0.15, 0.2) is 36.4 Å². The maximum Gasteiger partial charge on any atom is 0.277 e. The van der Waals surface area contributed by atoms with E-state index in [0.29, 0.717) is 23.7 Å². The highest BCUT2D eigenvalue weighted by Crippen LogP contribution is 2.35. The average Bonchev–Trinajstić information content (AvgIpc) is 2.69. The third-order valence-electron chi connectivity index (χ3n) is 4.29. The number of ether oxygens (including phenoxy) is 1. The van der Waals surface area contributed by atoms with Gasteiger partial charge in [-0.25, -0.2) is 0 Å². The Bertz CT molecular complexity index is 1020. The molecule has 0 unspecified atom stereocenters. The van der Waals surface area contributed by atoms with Crippen molar-refractivity contribution in [1.82, 2.24) is 0 Å². The van der Waals surface area contributed by atoms with Crippen molar-refractivity contribution in [1.29, 1.82) is 0 Å². The van der Waals surface area contributed by atoms with Gasteiger partial charge in [0.05, 0.1) is 27.2 Å². The normalized spacial score (nSPS) is 12.9. The van der Waals surface area contributed by atoms with E-state index in [1.165, 1.54) is 0 Å². The van der Waals surface area contributed by atoms with Crippen LogP contribution in [0.3, 0.4) is 0 Å². The van der Waals surface area contributed by atoms with Crippen molar-refractivity contribution < 1.29 is 24.2 Å². The number of anilines is 2. The van der Waals surface area contributed by atoms with Crippen molar-refractivity contribution in [2.24, 2.45) is 5.92 Å². The molecule has 0 saturated heterocycles. The number of nitro groups is 2.